The van der Waals surface area contributed by atoms with Crippen molar-refractivity contribution in [1.82, 2.24) is 19.9 Å². The lowest BCUT2D eigenvalue weighted by atomic mass is 9.85. The van der Waals surface area contributed by atoms with Gasteiger partial charge < -0.3 is 9.97 Å². The number of carbonyl (C=O) groups is 2. The molecule has 3 aromatic heterocycles. The highest BCUT2D eigenvalue weighted by Crippen LogP contribution is 2.33. The molecule has 0 atom stereocenters. The van der Waals surface area contributed by atoms with Crippen LogP contribution in [-0.4, -0.2) is 31.5 Å². The zero-order chi connectivity index (χ0) is 23.0. The van der Waals surface area contributed by atoms with E-state index in [1.807, 2.05) is 71.9 Å². The number of aromatic nitrogens is 4. The van der Waals surface area contributed by atoms with Gasteiger partial charge in [-0.05, 0) is 89.1 Å². The first-order valence-electron chi connectivity index (χ1n) is 10.8. The van der Waals surface area contributed by atoms with Crippen molar-refractivity contribution in [2.75, 3.05) is 0 Å². The highest BCUT2D eigenvalue weighted by atomic mass is 16.1. The number of hydrogen-bond donors (Lipinski definition) is 2. The van der Waals surface area contributed by atoms with E-state index in [0.29, 0.717) is 22.8 Å². The number of hydrogen-bond acceptors (Lipinski definition) is 4. The molecule has 0 unspecified atom stereocenters. The first-order valence-corrected chi connectivity index (χ1v) is 10.8. The van der Waals surface area contributed by atoms with Crippen LogP contribution in [0.3, 0.4) is 0 Å². The molecule has 0 saturated heterocycles. The molecule has 0 saturated carbocycles. The third kappa shape index (κ3) is 2.93. The van der Waals surface area contributed by atoms with Crippen LogP contribution in [0, 0.1) is 13.8 Å². The van der Waals surface area contributed by atoms with E-state index in [1.54, 1.807) is 6.07 Å². The van der Waals surface area contributed by atoms with Crippen LogP contribution in [0.4, 0.5) is 0 Å². The van der Waals surface area contributed by atoms with Crippen LogP contribution < -0.4 is 0 Å². The van der Waals surface area contributed by atoms with E-state index in [1.165, 1.54) is 0 Å². The quantitative estimate of drug-likeness (QED) is 0.513. The van der Waals surface area contributed by atoms with E-state index in [-0.39, 0.29) is 11.6 Å². The number of rotatable bonds is 0. The van der Waals surface area contributed by atoms with Gasteiger partial charge in [0.2, 0.25) is 0 Å². The molecule has 0 aromatic carbocycles. The summed E-state index contributed by atoms with van der Waals surface area (Å²) in [6.07, 6.45) is 0. The van der Waals surface area contributed by atoms with Crippen LogP contribution in [0.5, 0.6) is 0 Å². The maximum absolute atomic E-state index is 13.2. The first-order chi connectivity index (χ1) is 15.0. The number of ketones is 2. The Morgan fingerprint density at radius 2 is 1.06 bits per heavy atom. The fraction of sp³-hybridized carbons (Fsp3) is 0.308. The molecule has 5 rings (SSSR count). The molecule has 6 heteroatoms. The monoisotopic (exact) mass is 426 g/mol. The Morgan fingerprint density at radius 3 is 1.62 bits per heavy atom. The highest BCUT2D eigenvalue weighted by Gasteiger charge is 2.39. The molecule has 0 fully saturated rings. The van der Waals surface area contributed by atoms with Crippen molar-refractivity contribution in [3.8, 4) is 0 Å². The molecule has 2 aliphatic heterocycles. The van der Waals surface area contributed by atoms with Crippen LogP contribution in [0.25, 0.3) is 22.1 Å². The molecule has 8 bridgehead atoms. The van der Waals surface area contributed by atoms with E-state index < -0.39 is 10.8 Å². The fourth-order valence-electron chi connectivity index (χ4n) is 4.36. The van der Waals surface area contributed by atoms with Crippen molar-refractivity contribution in [3.05, 3.63) is 70.3 Å². The molecule has 6 nitrogen and oxygen atoms in total. The maximum Gasteiger partial charge on any atom is 0.192 e. The SMILES string of the molecule is Cc1cc2cc3nc(cc4cc(C)c(cc5nc(cc1[nH]2)C(=O)C5(C)C)[nH]4)C(=O)C3(C)C. The van der Waals surface area contributed by atoms with Gasteiger partial charge in [0.1, 0.15) is 11.4 Å². The van der Waals surface area contributed by atoms with Crippen LogP contribution in [-0.2, 0) is 10.8 Å². The third-order valence-electron chi connectivity index (χ3n) is 6.66. The lowest BCUT2D eigenvalue weighted by molar-refractivity contribution is 0.0913. The van der Waals surface area contributed by atoms with Crippen molar-refractivity contribution in [2.24, 2.45) is 0 Å². The largest absolute Gasteiger partial charge is 0.355 e. The van der Waals surface area contributed by atoms with E-state index >= 15 is 0 Å². The Labute approximate surface area is 186 Å². The Hall–Kier alpha value is -3.54. The van der Waals surface area contributed by atoms with Crippen LogP contribution in [0.2, 0.25) is 0 Å². The van der Waals surface area contributed by atoms with Gasteiger partial charge in [0.15, 0.2) is 11.6 Å². The number of carbonyl (C=O) groups excluding carboxylic acids is 2. The van der Waals surface area contributed by atoms with Crippen LogP contribution >= 0.6 is 0 Å². The topological polar surface area (TPSA) is 91.5 Å². The smallest absolute Gasteiger partial charge is 0.192 e. The zero-order valence-corrected chi connectivity index (χ0v) is 19.2. The number of aryl methyl sites for hydroxylation is 2. The molecular formula is C26H26N4O2. The summed E-state index contributed by atoms with van der Waals surface area (Å²) in [6.45, 7) is 11.6. The summed E-state index contributed by atoms with van der Waals surface area (Å²) >= 11 is 0. The van der Waals surface area contributed by atoms with Crippen LogP contribution in [0.15, 0.2) is 36.4 Å². The number of nitrogens with zero attached hydrogens (tertiary/aromatic N) is 2. The molecule has 0 radical (unpaired) electrons. The number of H-pyrrole nitrogens is 2. The zero-order valence-electron chi connectivity index (χ0n) is 19.2. The molecule has 162 valence electrons. The Bertz CT molecular complexity index is 1480. The van der Waals surface area contributed by atoms with E-state index in [2.05, 4.69) is 15.0 Å². The molecule has 0 aliphatic carbocycles. The molecular weight excluding hydrogens is 400 g/mol. The Morgan fingerprint density at radius 1 is 0.625 bits per heavy atom. The van der Waals surface area contributed by atoms with E-state index in [9.17, 15) is 9.59 Å². The average molecular weight is 427 g/mol. The summed E-state index contributed by atoms with van der Waals surface area (Å²) < 4.78 is 0. The molecule has 32 heavy (non-hydrogen) atoms. The summed E-state index contributed by atoms with van der Waals surface area (Å²) in [6, 6.07) is 11.4. The second-order valence-corrected chi connectivity index (χ2v) is 9.89. The highest BCUT2D eigenvalue weighted by molar-refractivity contribution is 6.05. The Kier molecular flexibility index (Phi) is 4.13. The molecule has 0 amide bonds. The Balaban J connectivity index is 1.94. The molecule has 2 N–H and O–H groups in total. The first kappa shape index (κ1) is 20.4. The van der Waals surface area contributed by atoms with Gasteiger partial charge in [-0.25, -0.2) is 9.97 Å². The molecule has 2 aliphatic rings. The summed E-state index contributed by atoms with van der Waals surface area (Å²) in [5.41, 5.74) is 6.15. The van der Waals surface area contributed by atoms with Gasteiger partial charge in [0, 0.05) is 22.1 Å². The number of Topliss-reactive ketones (excluding diaryl/α,β-unsaturated/α-hetero) is 2. The summed E-state index contributed by atoms with van der Waals surface area (Å²) in [7, 11) is 0. The summed E-state index contributed by atoms with van der Waals surface area (Å²) in [5.74, 6) is -0.0130. The van der Waals surface area contributed by atoms with E-state index in [4.69, 9.17) is 4.98 Å². The fourth-order valence-corrected chi connectivity index (χ4v) is 4.36. The van der Waals surface area contributed by atoms with Crippen LogP contribution in [0.1, 0.15) is 71.2 Å². The van der Waals surface area contributed by atoms with Crippen molar-refractivity contribution in [3.63, 3.8) is 0 Å². The van der Waals surface area contributed by atoms with Gasteiger partial charge in [-0.3, -0.25) is 9.59 Å². The van der Waals surface area contributed by atoms with Gasteiger partial charge in [0.05, 0.1) is 22.2 Å². The van der Waals surface area contributed by atoms with Crippen molar-refractivity contribution in [1.29, 1.82) is 0 Å². The number of nitrogens with one attached hydrogen (secondary N) is 2. The second-order valence-electron chi connectivity index (χ2n) is 9.89. The molecule has 0 spiro atoms. The van der Waals surface area contributed by atoms with Gasteiger partial charge >= 0.3 is 0 Å². The minimum absolute atomic E-state index is 0.00527. The maximum atomic E-state index is 13.2. The van der Waals surface area contributed by atoms with Gasteiger partial charge in [0.25, 0.3) is 0 Å². The normalized spacial score (nSPS) is 17.1. The van der Waals surface area contributed by atoms with Crippen molar-refractivity contribution < 1.29 is 9.59 Å². The predicted molar refractivity (Wildman–Crippen MR) is 125 cm³/mol. The molecule has 5 heterocycles. The van der Waals surface area contributed by atoms with Crippen molar-refractivity contribution >= 4 is 33.6 Å². The predicted octanol–water partition coefficient (Wildman–Crippen LogP) is 5.25. The lowest BCUT2D eigenvalue weighted by Crippen LogP contribution is -2.23. The van der Waals surface area contributed by atoms with E-state index in [0.717, 1.165) is 33.2 Å². The molecule has 3 aromatic rings. The summed E-state index contributed by atoms with van der Waals surface area (Å²) in [5, 5.41) is 0. The van der Waals surface area contributed by atoms with Crippen molar-refractivity contribution in [2.45, 2.75) is 52.4 Å². The second kappa shape index (κ2) is 6.48. The van der Waals surface area contributed by atoms with Gasteiger partial charge in [-0.2, -0.15) is 0 Å². The summed E-state index contributed by atoms with van der Waals surface area (Å²) in [4.78, 5) is 42.4. The number of fused-ring (bicyclic) bond motifs is 8. The standard InChI is InChI=1S/C26H26N4O2/c1-13-8-16-10-21-25(3,4)23(31)19(29-21)9-15-7-14(2)18(27-15)12-22-26(5,6)24(32)20(30-22)11-17(13)28-16/h7-12,27-28H,1-6H3. The minimum atomic E-state index is -0.727. The lowest BCUT2D eigenvalue weighted by Gasteiger charge is -2.14. The average Bonchev–Trinajstić information content (AvgIpc) is 3.35. The third-order valence-corrected chi connectivity index (χ3v) is 6.66. The minimum Gasteiger partial charge on any atom is -0.355 e. The van der Waals surface area contributed by atoms with Gasteiger partial charge in [-0.1, -0.05) is 0 Å². The number of aromatic amines is 2. The van der Waals surface area contributed by atoms with Gasteiger partial charge in [-0.15, -0.1) is 0 Å².